The lowest BCUT2D eigenvalue weighted by atomic mass is 10.2. The molecule has 5 N–H and O–H groups in total. The molecule has 1 atom stereocenters. The van der Waals surface area contributed by atoms with Crippen molar-refractivity contribution >= 4 is 34.8 Å². The monoisotopic (exact) mass is 298 g/mol. The third-order valence-corrected chi connectivity index (χ3v) is 3.30. The highest BCUT2D eigenvalue weighted by molar-refractivity contribution is 6.33. The van der Waals surface area contributed by atoms with Gasteiger partial charge in [0, 0.05) is 5.69 Å². The molecule has 0 radical (unpaired) electrons. The van der Waals surface area contributed by atoms with Gasteiger partial charge in [0.25, 0.3) is 0 Å². The number of rotatable bonds is 6. The van der Waals surface area contributed by atoms with Crippen LogP contribution in [-0.2, 0) is 9.59 Å². The summed E-state index contributed by atoms with van der Waals surface area (Å²) in [5.74, 6) is -0.711. The number of nitrogens with zero attached hydrogens (tertiary/aromatic N) is 1. The lowest BCUT2D eigenvalue weighted by molar-refractivity contribution is -0.123. The van der Waals surface area contributed by atoms with E-state index in [-0.39, 0.29) is 12.5 Å². The molecule has 7 heteroatoms. The summed E-state index contributed by atoms with van der Waals surface area (Å²) < 4.78 is 0. The van der Waals surface area contributed by atoms with E-state index in [0.29, 0.717) is 22.9 Å². The van der Waals surface area contributed by atoms with Gasteiger partial charge in [-0.15, -0.1) is 0 Å². The number of nitrogen functional groups attached to an aromatic ring is 1. The number of carbonyl (C=O) groups excluding carboxylic acids is 2. The third kappa shape index (κ3) is 4.40. The summed E-state index contributed by atoms with van der Waals surface area (Å²) in [6, 6.07) is 4.37. The zero-order chi connectivity index (χ0) is 15.3. The van der Waals surface area contributed by atoms with Crippen molar-refractivity contribution in [3.8, 4) is 0 Å². The van der Waals surface area contributed by atoms with E-state index in [1.807, 2.05) is 6.92 Å². The second kappa shape index (κ2) is 7.12. The molecule has 1 aromatic carbocycles. The highest BCUT2D eigenvalue weighted by Gasteiger charge is 2.21. The summed E-state index contributed by atoms with van der Waals surface area (Å²) in [5, 5.41) is 3.16. The minimum absolute atomic E-state index is 0.0356. The van der Waals surface area contributed by atoms with Crippen LogP contribution in [0.1, 0.15) is 13.8 Å². The van der Waals surface area contributed by atoms with Crippen LogP contribution >= 0.6 is 11.6 Å². The van der Waals surface area contributed by atoms with Gasteiger partial charge in [-0.1, -0.05) is 18.5 Å². The van der Waals surface area contributed by atoms with Gasteiger partial charge in [0.15, 0.2) is 0 Å². The van der Waals surface area contributed by atoms with Gasteiger partial charge in [-0.05, 0) is 31.7 Å². The van der Waals surface area contributed by atoms with Crippen molar-refractivity contribution in [3.05, 3.63) is 23.2 Å². The number of likely N-dealkylation sites (N-methyl/N-ethyl adjacent to an activating group) is 1. The Morgan fingerprint density at radius 3 is 2.60 bits per heavy atom. The number of nitrogens with one attached hydrogen (secondary N) is 1. The second-order valence-corrected chi connectivity index (χ2v) is 4.84. The molecule has 0 saturated heterocycles. The molecule has 1 rings (SSSR count). The highest BCUT2D eigenvalue weighted by atomic mass is 35.5. The fraction of sp³-hybridized carbons (Fsp3) is 0.385. The Morgan fingerprint density at radius 2 is 2.10 bits per heavy atom. The number of halogens is 1. The molecule has 2 amide bonds. The molecule has 6 nitrogen and oxygen atoms in total. The van der Waals surface area contributed by atoms with E-state index < -0.39 is 11.9 Å². The number of hydrogen-bond acceptors (Lipinski definition) is 4. The predicted octanol–water partition coefficient (Wildman–Crippen LogP) is 1.06. The van der Waals surface area contributed by atoms with Gasteiger partial charge < -0.3 is 16.8 Å². The third-order valence-electron chi connectivity index (χ3n) is 2.96. The molecule has 1 aromatic rings. The number of benzene rings is 1. The number of amides is 2. The van der Waals surface area contributed by atoms with Crippen LogP contribution in [0.5, 0.6) is 0 Å². The maximum atomic E-state index is 12.1. The van der Waals surface area contributed by atoms with Crippen LogP contribution in [0, 0.1) is 0 Å². The van der Waals surface area contributed by atoms with E-state index in [9.17, 15) is 9.59 Å². The van der Waals surface area contributed by atoms with Crippen molar-refractivity contribution in [2.45, 2.75) is 19.9 Å². The molecule has 0 bridgehead atoms. The molecule has 0 heterocycles. The van der Waals surface area contributed by atoms with Gasteiger partial charge in [-0.2, -0.15) is 0 Å². The standard InChI is InChI=1S/C13H19ClN4O2/c1-3-18(7-12(16)19)8(2)13(20)17-9-4-5-10(14)11(15)6-9/h4-6,8H,3,7,15H2,1-2H3,(H2,16,19)(H,17,20). The van der Waals surface area contributed by atoms with Crippen molar-refractivity contribution in [3.63, 3.8) is 0 Å². The Morgan fingerprint density at radius 1 is 1.45 bits per heavy atom. The van der Waals surface area contributed by atoms with E-state index >= 15 is 0 Å². The van der Waals surface area contributed by atoms with Crippen LogP contribution in [-0.4, -0.2) is 35.8 Å². The van der Waals surface area contributed by atoms with Gasteiger partial charge in [-0.25, -0.2) is 0 Å². The normalized spacial score (nSPS) is 12.2. The SMILES string of the molecule is CCN(CC(N)=O)C(C)C(=O)Nc1ccc(Cl)c(N)c1. The predicted molar refractivity (Wildman–Crippen MR) is 80.4 cm³/mol. The van der Waals surface area contributed by atoms with E-state index in [1.54, 1.807) is 30.0 Å². The van der Waals surface area contributed by atoms with E-state index in [0.717, 1.165) is 0 Å². The molecule has 0 spiro atoms. The molecule has 0 fully saturated rings. The minimum atomic E-state index is -0.482. The quantitative estimate of drug-likeness (QED) is 0.683. The Labute approximate surface area is 123 Å². The summed E-state index contributed by atoms with van der Waals surface area (Å²) in [6.07, 6.45) is 0. The van der Waals surface area contributed by atoms with Gasteiger partial charge in [0.1, 0.15) is 0 Å². The van der Waals surface area contributed by atoms with Crippen molar-refractivity contribution in [2.24, 2.45) is 5.73 Å². The van der Waals surface area contributed by atoms with E-state index in [2.05, 4.69) is 5.32 Å². The number of hydrogen-bond donors (Lipinski definition) is 3. The Balaban J connectivity index is 2.73. The van der Waals surface area contributed by atoms with Gasteiger partial charge in [0.05, 0.1) is 23.3 Å². The lowest BCUT2D eigenvalue weighted by Gasteiger charge is -2.25. The maximum Gasteiger partial charge on any atom is 0.241 e. The molecule has 0 aliphatic rings. The molecule has 0 aromatic heterocycles. The second-order valence-electron chi connectivity index (χ2n) is 4.43. The molecule has 20 heavy (non-hydrogen) atoms. The summed E-state index contributed by atoms with van der Waals surface area (Å²) in [6.45, 7) is 4.14. The van der Waals surface area contributed by atoms with Crippen molar-refractivity contribution < 1.29 is 9.59 Å². The summed E-state index contributed by atoms with van der Waals surface area (Å²) in [4.78, 5) is 24.7. The average Bonchev–Trinajstić information content (AvgIpc) is 2.39. The van der Waals surface area contributed by atoms with Crippen LogP contribution in [0.15, 0.2) is 18.2 Å². The first-order valence-corrected chi connectivity index (χ1v) is 6.61. The lowest BCUT2D eigenvalue weighted by Crippen LogP contribution is -2.45. The Bertz CT molecular complexity index is 507. The van der Waals surface area contributed by atoms with Crippen molar-refractivity contribution in [1.29, 1.82) is 0 Å². The molecular weight excluding hydrogens is 280 g/mol. The fourth-order valence-corrected chi connectivity index (χ4v) is 1.87. The van der Waals surface area contributed by atoms with Crippen LogP contribution < -0.4 is 16.8 Å². The zero-order valence-electron chi connectivity index (χ0n) is 11.5. The zero-order valence-corrected chi connectivity index (χ0v) is 12.3. The van der Waals surface area contributed by atoms with Gasteiger partial charge in [0.2, 0.25) is 11.8 Å². The van der Waals surface area contributed by atoms with Crippen LogP contribution in [0.25, 0.3) is 0 Å². The fourth-order valence-electron chi connectivity index (χ4n) is 1.76. The summed E-state index contributed by atoms with van der Waals surface area (Å²) >= 11 is 5.81. The number of nitrogens with two attached hydrogens (primary N) is 2. The van der Waals surface area contributed by atoms with E-state index in [4.69, 9.17) is 23.1 Å². The van der Waals surface area contributed by atoms with Crippen LogP contribution in [0.2, 0.25) is 5.02 Å². The van der Waals surface area contributed by atoms with Gasteiger partial charge >= 0.3 is 0 Å². The number of anilines is 2. The first-order valence-electron chi connectivity index (χ1n) is 6.23. The van der Waals surface area contributed by atoms with Gasteiger partial charge in [-0.3, -0.25) is 14.5 Å². The molecule has 0 aliphatic heterocycles. The molecule has 0 aliphatic carbocycles. The maximum absolute atomic E-state index is 12.1. The topological polar surface area (TPSA) is 101 Å². The van der Waals surface area contributed by atoms with Crippen LogP contribution in [0.4, 0.5) is 11.4 Å². The molecule has 110 valence electrons. The number of primary amides is 1. The molecular formula is C13H19ClN4O2. The summed E-state index contributed by atoms with van der Waals surface area (Å²) in [7, 11) is 0. The molecule has 1 unspecified atom stereocenters. The van der Waals surface area contributed by atoms with Crippen LogP contribution in [0.3, 0.4) is 0 Å². The Kier molecular flexibility index (Phi) is 5.79. The first kappa shape index (κ1) is 16.3. The summed E-state index contributed by atoms with van der Waals surface area (Å²) in [5.41, 5.74) is 11.8. The number of carbonyl (C=O) groups is 2. The minimum Gasteiger partial charge on any atom is -0.397 e. The Hall–Kier alpha value is -1.79. The largest absolute Gasteiger partial charge is 0.397 e. The molecule has 0 saturated carbocycles. The van der Waals surface area contributed by atoms with E-state index in [1.165, 1.54) is 0 Å². The van der Waals surface area contributed by atoms with Crippen molar-refractivity contribution in [2.75, 3.05) is 24.1 Å². The average molecular weight is 299 g/mol. The first-order chi connectivity index (χ1) is 9.35. The van der Waals surface area contributed by atoms with Crippen molar-refractivity contribution in [1.82, 2.24) is 4.90 Å². The smallest absolute Gasteiger partial charge is 0.241 e. The highest BCUT2D eigenvalue weighted by Crippen LogP contribution is 2.22.